The number of benzene rings is 8. The molecule has 8 aromatic carbocycles. The number of anilines is 2. The van der Waals surface area contributed by atoms with Crippen molar-refractivity contribution >= 4 is 56.8 Å². The van der Waals surface area contributed by atoms with E-state index in [9.17, 15) is 0 Å². The number of nitrogens with zero attached hydrogens (tertiary/aromatic N) is 5. The van der Waals surface area contributed by atoms with Crippen molar-refractivity contribution in [2.45, 2.75) is 26.2 Å². The standard InChI is InChI=1S/C58H44BN5.Pt/c1-58(2,3)44-39-55(63-51-35-18-16-31-49(51)50-32-17-19-36-52(50)63)60-56(40-44)64(46-29-14-7-15-30-46)59(62-41-61(45-27-12-6-13-28-45)53-37-20-21-38-54(53)62)57-47(42-23-8-4-9-24-42)33-22-34-48(57)43-25-10-5-11-26-43;/h4-27,29-35,37-40H,1-3H3;/q-2;. The van der Waals surface area contributed by atoms with Crippen molar-refractivity contribution in [2.75, 3.05) is 4.81 Å². The Morgan fingerprint density at radius 1 is 0.569 bits per heavy atom. The van der Waals surface area contributed by atoms with Gasteiger partial charge in [-0.1, -0.05) is 172 Å². The van der Waals surface area contributed by atoms with Gasteiger partial charge in [0.05, 0.1) is 5.52 Å². The van der Waals surface area contributed by atoms with Crippen molar-refractivity contribution in [3.8, 4) is 33.8 Å². The van der Waals surface area contributed by atoms with Crippen molar-refractivity contribution in [1.29, 1.82) is 0 Å². The molecule has 11 aromatic rings. The van der Waals surface area contributed by atoms with E-state index in [0.717, 1.165) is 89.1 Å². The van der Waals surface area contributed by atoms with E-state index in [2.05, 4.69) is 252 Å². The van der Waals surface area contributed by atoms with Crippen LogP contribution in [0.15, 0.2) is 212 Å². The summed E-state index contributed by atoms with van der Waals surface area (Å²) in [5, 5.41) is 2.30. The Morgan fingerprint density at radius 2 is 1.17 bits per heavy atom. The summed E-state index contributed by atoms with van der Waals surface area (Å²) in [4.78, 5) is 8.24. The van der Waals surface area contributed by atoms with Crippen molar-refractivity contribution in [2.24, 2.45) is 0 Å². The Bertz CT molecular complexity index is 3320. The number of para-hydroxylation sites is 6. The fourth-order valence-electron chi connectivity index (χ4n) is 9.17. The van der Waals surface area contributed by atoms with Crippen LogP contribution in [-0.4, -0.2) is 21.1 Å². The predicted octanol–water partition coefficient (Wildman–Crippen LogP) is 12.5. The Kier molecular flexibility index (Phi) is 11.1. The van der Waals surface area contributed by atoms with Crippen molar-refractivity contribution < 1.29 is 25.5 Å². The first-order chi connectivity index (χ1) is 31.4. The first-order valence-corrected chi connectivity index (χ1v) is 21.8. The zero-order valence-corrected chi connectivity index (χ0v) is 38.6. The molecule has 0 saturated carbocycles. The molecule has 0 atom stereocenters. The van der Waals surface area contributed by atoms with Gasteiger partial charge >= 0.3 is 6.98 Å². The van der Waals surface area contributed by atoms with Crippen molar-refractivity contribution in [3.05, 3.63) is 236 Å². The summed E-state index contributed by atoms with van der Waals surface area (Å²) in [6, 6.07) is 82.1. The smallest absolute Gasteiger partial charge is 0.355 e. The average Bonchev–Trinajstić information content (AvgIpc) is 3.90. The minimum atomic E-state index is -0.538. The van der Waals surface area contributed by atoms with Gasteiger partial charge < -0.3 is 18.4 Å². The Labute approximate surface area is 395 Å². The second-order valence-electron chi connectivity index (χ2n) is 17.2. The number of pyridine rings is 1. The molecule has 0 aliphatic carbocycles. The van der Waals surface area contributed by atoms with Crippen LogP contribution in [0.2, 0.25) is 0 Å². The first-order valence-electron chi connectivity index (χ1n) is 21.8. The second kappa shape index (κ2) is 17.4. The van der Waals surface area contributed by atoms with E-state index in [-0.39, 0.29) is 26.5 Å². The maximum atomic E-state index is 5.82. The molecule has 0 saturated heterocycles. The van der Waals surface area contributed by atoms with Gasteiger partial charge in [-0.15, -0.1) is 5.39 Å². The van der Waals surface area contributed by atoms with Gasteiger partial charge in [0.25, 0.3) is 0 Å². The maximum absolute atomic E-state index is 5.82. The van der Waals surface area contributed by atoms with Crippen LogP contribution in [0.1, 0.15) is 26.3 Å². The van der Waals surface area contributed by atoms with Crippen molar-refractivity contribution in [1.82, 2.24) is 14.1 Å². The molecule has 7 heteroatoms. The van der Waals surface area contributed by atoms with Crippen molar-refractivity contribution in [3.63, 3.8) is 0 Å². The van der Waals surface area contributed by atoms with Gasteiger partial charge in [-0.3, -0.25) is 0 Å². The third-order valence-corrected chi connectivity index (χ3v) is 12.2. The summed E-state index contributed by atoms with van der Waals surface area (Å²) in [5.74, 6) is 1.62. The fourth-order valence-corrected chi connectivity index (χ4v) is 9.17. The van der Waals surface area contributed by atoms with Gasteiger partial charge in [0, 0.05) is 43.2 Å². The predicted molar refractivity (Wildman–Crippen MR) is 264 cm³/mol. The minimum absolute atomic E-state index is 0. The molecule has 0 unspecified atom stereocenters. The number of fused-ring (bicyclic) bond motifs is 4. The number of rotatable bonds is 9. The van der Waals surface area contributed by atoms with Crippen LogP contribution in [-0.2, 0) is 26.5 Å². The number of aromatic nitrogens is 4. The van der Waals surface area contributed by atoms with Gasteiger partial charge in [0.1, 0.15) is 11.6 Å². The molecule has 0 amide bonds. The number of hydrogen-bond donors (Lipinski definition) is 0. The van der Waals surface area contributed by atoms with Gasteiger partial charge in [-0.25, -0.2) is 4.98 Å². The molecule has 0 radical (unpaired) electrons. The Hall–Kier alpha value is -7.27. The Balaban J connectivity index is 0.00000498. The number of imidazole rings is 1. The van der Waals surface area contributed by atoms with E-state index < -0.39 is 6.98 Å². The molecule has 0 bridgehead atoms. The molecule has 3 heterocycles. The molecule has 65 heavy (non-hydrogen) atoms. The quantitative estimate of drug-likeness (QED) is 0.107. The number of hydrogen-bond acceptors (Lipinski definition) is 2. The van der Waals surface area contributed by atoms with E-state index in [1.165, 1.54) is 0 Å². The molecule has 0 N–H and O–H groups in total. The van der Waals surface area contributed by atoms with Gasteiger partial charge in [-0.05, 0) is 69.0 Å². The summed E-state index contributed by atoms with van der Waals surface area (Å²) in [6.45, 7) is 6.30. The fraction of sp³-hybridized carbons (Fsp3) is 0.0690. The van der Waals surface area contributed by atoms with E-state index in [0.29, 0.717) is 0 Å². The van der Waals surface area contributed by atoms with E-state index >= 15 is 0 Å². The van der Waals surface area contributed by atoms with Crippen LogP contribution in [0.4, 0.5) is 11.5 Å². The van der Waals surface area contributed by atoms with Crippen LogP contribution >= 0.6 is 0 Å². The van der Waals surface area contributed by atoms with Gasteiger partial charge in [-0.2, -0.15) is 54.6 Å². The molecule has 0 aliphatic rings. The molecule has 3 aromatic heterocycles. The summed E-state index contributed by atoms with van der Waals surface area (Å²) in [5.41, 5.74) is 12.5. The largest absolute Gasteiger partial charge is 0.526 e. The average molecular weight is 1020 g/mol. The molecule has 0 fully saturated rings. The topological polar surface area (TPSA) is 29.9 Å². The zero-order valence-electron chi connectivity index (χ0n) is 36.3. The molecular weight excluding hydrogens is 973 g/mol. The zero-order chi connectivity index (χ0) is 43.2. The molecule has 0 aliphatic heterocycles. The third-order valence-electron chi connectivity index (χ3n) is 12.2. The summed E-state index contributed by atoms with van der Waals surface area (Å²) in [7, 11) is 0. The molecule has 5 nitrogen and oxygen atoms in total. The third kappa shape index (κ3) is 7.58. The minimum Gasteiger partial charge on any atom is -0.355 e. The normalized spacial score (nSPS) is 11.5. The summed E-state index contributed by atoms with van der Waals surface area (Å²) < 4.78 is 6.74. The summed E-state index contributed by atoms with van der Waals surface area (Å²) >= 11 is 0. The molecule has 11 rings (SSSR count). The molecule has 0 spiro atoms. The summed E-state index contributed by atoms with van der Waals surface area (Å²) in [6.07, 6.45) is 3.94. The first kappa shape index (κ1) is 41.7. The van der Waals surface area contributed by atoms with Crippen LogP contribution in [0.25, 0.3) is 66.6 Å². The van der Waals surface area contributed by atoms with Gasteiger partial charge in [0.2, 0.25) is 6.33 Å². The Morgan fingerprint density at radius 3 is 1.85 bits per heavy atom. The second-order valence-corrected chi connectivity index (χ2v) is 17.2. The monoisotopic (exact) mass is 1020 g/mol. The van der Waals surface area contributed by atoms with Crippen LogP contribution in [0.5, 0.6) is 0 Å². The van der Waals surface area contributed by atoms with E-state index in [1.54, 1.807) is 0 Å². The molecular formula is C58H44BN5Pt-2. The molecule has 316 valence electrons. The van der Waals surface area contributed by atoms with Crippen LogP contribution < -0.4 is 14.8 Å². The van der Waals surface area contributed by atoms with Crippen LogP contribution in [0, 0.1) is 18.5 Å². The van der Waals surface area contributed by atoms with Crippen LogP contribution in [0.3, 0.4) is 0 Å². The SMILES string of the molecule is CC(C)(C)c1cc(N(B(c2c(-c3ccccc3)cccc2-c2ccccc2)[n+]2[c-]n(-c3[c-]cccc3)c3ccccc32)c2ccccc2)nc(-n2c3[c-]cccc3c3ccccc32)c1.[Pt]. The van der Waals surface area contributed by atoms with E-state index in [4.69, 9.17) is 4.98 Å². The van der Waals surface area contributed by atoms with E-state index in [1.807, 2.05) is 18.2 Å². The van der Waals surface area contributed by atoms with Gasteiger partial charge in [0.15, 0.2) is 0 Å². The maximum Gasteiger partial charge on any atom is 0.526 e.